The smallest absolute Gasteiger partial charge is 0.246 e. The van der Waals surface area contributed by atoms with Gasteiger partial charge in [-0.05, 0) is 29.8 Å². The van der Waals surface area contributed by atoms with Crippen LogP contribution in [0.15, 0.2) is 76.2 Å². The first-order valence-corrected chi connectivity index (χ1v) is 10.1. The zero-order valence-corrected chi connectivity index (χ0v) is 15.3. The van der Waals surface area contributed by atoms with Gasteiger partial charge < -0.3 is 4.42 Å². The molecule has 0 saturated carbocycles. The summed E-state index contributed by atoms with van der Waals surface area (Å²) in [5, 5.41) is 0. The Morgan fingerprint density at radius 3 is 2.54 bits per heavy atom. The van der Waals surface area contributed by atoms with Crippen molar-refractivity contribution in [3.8, 4) is 0 Å². The van der Waals surface area contributed by atoms with E-state index in [0.717, 1.165) is 17.3 Å². The Kier molecular flexibility index (Phi) is 4.54. The normalized spacial score (nSPS) is 12.0. The number of fused-ring (bicyclic) bond motifs is 1. The predicted octanol–water partition coefficient (Wildman–Crippen LogP) is 3.68. The topological polar surface area (TPSA) is 76.3 Å². The van der Waals surface area contributed by atoms with Crippen molar-refractivity contribution >= 4 is 32.8 Å². The molecule has 0 atom stereocenters. The summed E-state index contributed by atoms with van der Waals surface area (Å²) < 4.78 is 41.9. The molecular formula is C18H15N3O3S2. The van der Waals surface area contributed by atoms with Crippen LogP contribution in [0, 0.1) is 0 Å². The SMILES string of the molecule is O=S(=O)(c1cccc2nsnc12)N(Cc1ccccc1)Cc1ccco1. The first-order valence-electron chi connectivity index (χ1n) is 7.92. The molecule has 0 aliphatic carbocycles. The highest BCUT2D eigenvalue weighted by Crippen LogP contribution is 2.27. The molecule has 4 aromatic rings. The van der Waals surface area contributed by atoms with Gasteiger partial charge in [0.2, 0.25) is 10.0 Å². The molecule has 6 nitrogen and oxygen atoms in total. The highest BCUT2D eigenvalue weighted by atomic mass is 32.2. The third kappa shape index (κ3) is 3.26. The molecule has 0 aliphatic rings. The number of rotatable bonds is 6. The lowest BCUT2D eigenvalue weighted by atomic mass is 10.2. The summed E-state index contributed by atoms with van der Waals surface area (Å²) in [7, 11) is -3.79. The number of sulfonamides is 1. The molecule has 0 radical (unpaired) electrons. The van der Waals surface area contributed by atoms with Crippen molar-refractivity contribution in [1.82, 2.24) is 13.1 Å². The third-order valence-corrected chi connectivity index (χ3v) is 6.35. The lowest BCUT2D eigenvalue weighted by Crippen LogP contribution is -2.30. The van der Waals surface area contributed by atoms with Crippen molar-refractivity contribution in [2.45, 2.75) is 18.0 Å². The number of furan rings is 1. The molecule has 8 heteroatoms. The number of nitrogens with zero attached hydrogens (tertiary/aromatic N) is 3. The van der Waals surface area contributed by atoms with E-state index in [-0.39, 0.29) is 18.0 Å². The van der Waals surface area contributed by atoms with Gasteiger partial charge in [-0.2, -0.15) is 13.1 Å². The fourth-order valence-electron chi connectivity index (χ4n) is 2.72. The Balaban J connectivity index is 1.77. The molecule has 0 fully saturated rings. The fourth-order valence-corrected chi connectivity index (χ4v) is 4.86. The van der Waals surface area contributed by atoms with Gasteiger partial charge in [0, 0.05) is 6.54 Å². The van der Waals surface area contributed by atoms with Crippen molar-refractivity contribution in [3.63, 3.8) is 0 Å². The van der Waals surface area contributed by atoms with Gasteiger partial charge in [0.05, 0.1) is 24.5 Å². The van der Waals surface area contributed by atoms with Gasteiger partial charge in [-0.3, -0.25) is 0 Å². The summed E-state index contributed by atoms with van der Waals surface area (Å²) in [4.78, 5) is 0.159. The quantitative estimate of drug-likeness (QED) is 0.506. The molecule has 2 aromatic heterocycles. The minimum atomic E-state index is -3.79. The van der Waals surface area contributed by atoms with Crippen LogP contribution in [-0.4, -0.2) is 21.5 Å². The van der Waals surface area contributed by atoms with Crippen LogP contribution in [0.5, 0.6) is 0 Å². The van der Waals surface area contributed by atoms with Crippen molar-refractivity contribution in [2.24, 2.45) is 0 Å². The van der Waals surface area contributed by atoms with Crippen molar-refractivity contribution in [3.05, 3.63) is 78.3 Å². The predicted molar refractivity (Wildman–Crippen MR) is 99.0 cm³/mol. The zero-order chi connectivity index (χ0) is 18.0. The lowest BCUT2D eigenvalue weighted by Gasteiger charge is -2.21. The molecule has 4 rings (SSSR count). The van der Waals surface area contributed by atoms with Gasteiger partial charge in [-0.1, -0.05) is 36.4 Å². The second-order valence-electron chi connectivity index (χ2n) is 5.73. The molecule has 0 unspecified atom stereocenters. The molecule has 2 heterocycles. The molecule has 0 amide bonds. The second kappa shape index (κ2) is 6.99. The molecule has 132 valence electrons. The monoisotopic (exact) mass is 385 g/mol. The Morgan fingerprint density at radius 1 is 0.923 bits per heavy atom. The maximum absolute atomic E-state index is 13.4. The van der Waals surface area contributed by atoms with Crippen LogP contribution in [0.2, 0.25) is 0 Å². The van der Waals surface area contributed by atoms with Gasteiger partial charge >= 0.3 is 0 Å². The van der Waals surface area contributed by atoms with Crippen LogP contribution in [0.4, 0.5) is 0 Å². The maximum atomic E-state index is 13.4. The Labute approximate surface area is 155 Å². The summed E-state index contributed by atoms with van der Waals surface area (Å²) in [6, 6.07) is 18.0. The van der Waals surface area contributed by atoms with Gasteiger partial charge in [0.15, 0.2) is 0 Å². The number of hydrogen-bond donors (Lipinski definition) is 0. The Morgan fingerprint density at radius 2 is 1.77 bits per heavy atom. The van der Waals surface area contributed by atoms with E-state index in [2.05, 4.69) is 8.75 Å². The largest absolute Gasteiger partial charge is 0.468 e. The van der Waals surface area contributed by atoms with Crippen LogP contribution in [0.3, 0.4) is 0 Å². The molecule has 0 N–H and O–H groups in total. The summed E-state index contributed by atoms with van der Waals surface area (Å²) in [6.45, 7) is 0.371. The van der Waals surface area contributed by atoms with Crippen LogP contribution in [-0.2, 0) is 23.1 Å². The van der Waals surface area contributed by atoms with Crippen molar-refractivity contribution in [1.29, 1.82) is 0 Å². The van der Waals surface area contributed by atoms with E-state index in [4.69, 9.17) is 4.42 Å². The van der Waals surface area contributed by atoms with Crippen LogP contribution in [0.25, 0.3) is 11.0 Å². The third-order valence-electron chi connectivity index (χ3n) is 3.98. The number of aromatic nitrogens is 2. The lowest BCUT2D eigenvalue weighted by molar-refractivity contribution is 0.359. The molecule has 0 bridgehead atoms. The van der Waals surface area contributed by atoms with E-state index in [9.17, 15) is 8.42 Å². The maximum Gasteiger partial charge on any atom is 0.246 e. The van der Waals surface area contributed by atoms with Crippen molar-refractivity contribution < 1.29 is 12.8 Å². The standard InChI is InChI=1S/C18H15N3O3S2/c22-26(23,17-10-4-9-16-18(17)20-25-19-16)21(13-15-8-5-11-24-15)12-14-6-2-1-3-7-14/h1-11H,12-13H2. The fraction of sp³-hybridized carbons (Fsp3) is 0.111. The summed E-state index contributed by atoms with van der Waals surface area (Å²) >= 11 is 1.00. The Bertz CT molecular complexity index is 1110. The zero-order valence-electron chi connectivity index (χ0n) is 13.6. The number of hydrogen-bond acceptors (Lipinski definition) is 6. The highest BCUT2D eigenvalue weighted by molar-refractivity contribution is 7.89. The van der Waals surface area contributed by atoms with Crippen molar-refractivity contribution in [2.75, 3.05) is 0 Å². The minimum Gasteiger partial charge on any atom is -0.468 e. The van der Waals surface area contributed by atoms with Gasteiger partial charge in [0.1, 0.15) is 21.7 Å². The van der Waals surface area contributed by atoms with E-state index >= 15 is 0 Å². The summed E-state index contributed by atoms with van der Waals surface area (Å²) in [6.07, 6.45) is 1.54. The van der Waals surface area contributed by atoms with E-state index in [1.165, 1.54) is 10.6 Å². The first kappa shape index (κ1) is 16.9. The molecule has 0 saturated heterocycles. The van der Waals surface area contributed by atoms with E-state index in [0.29, 0.717) is 16.8 Å². The van der Waals surface area contributed by atoms with E-state index in [1.807, 2.05) is 30.3 Å². The summed E-state index contributed by atoms with van der Waals surface area (Å²) in [5.74, 6) is 0.577. The molecule has 0 spiro atoms. The first-order chi connectivity index (χ1) is 12.6. The van der Waals surface area contributed by atoms with Crippen LogP contribution >= 0.6 is 11.7 Å². The van der Waals surface area contributed by atoms with Crippen LogP contribution in [0.1, 0.15) is 11.3 Å². The van der Waals surface area contributed by atoms with Gasteiger partial charge in [0.25, 0.3) is 0 Å². The number of benzene rings is 2. The summed E-state index contributed by atoms with van der Waals surface area (Å²) in [5.41, 5.74) is 1.87. The molecule has 0 aliphatic heterocycles. The van der Waals surface area contributed by atoms with Crippen LogP contribution < -0.4 is 0 Å². The Hall–Kier alpha value is -2.55. The average Bonchev–Trinajstić information content (AvgIpc) is 3.33. The molecular weight excluding hydrogens is 370 g/mol. The molecule has 26 heavy (non-hydrogen) atoms. The van der Waals surface area contributed by atoms with Gasteiger partial charge in [-0.15, -0.1) is 0 Å². The minimum absolute atomic E-state index is 0.137. The van der Waals surface area contributed by atoms with Gasteiger partial charge in [-0.25, -0.2) is 8.42 Å². The second-order valence-corrected chi connectivity index (χ2v) is 8.16. The average molecular weight is 385 g/mol. The van der Waals surface area contributed by atoms with E-state index in [1.54, 1.807) is 30.3 Å². The molecule has 2 aromatic carbocycles. The van der Waals surface area contributed by atoms with E-state index < -0.39 is 10.0 Å². The highest BCUT2D eigenvalue weighted by Gasteiger charge is 2.28.